The summed E-state index contributed by atoms with van der Waals surface area (Å²) in [6, 6.07) is 8.43. The van der Waals surface area contributed by atoms with Gasteiger partial charge in [-0.3, -0.25) is 0 Å². The van der Waals surface area contributed by atoms with Crippen molar-refractivity contribution in [3.05, 3.63) is 46.5 Å². The van der Waals surface area contributed by atoms with Gasteiger partial charge in [-0.05, 0) is 75.4 Å². The highest BCUT2D eigenvalue weighted by molar-refractivity contribution is 6.30. The average Bonchev–Trinajstić information content (AvgIpc) is 2.89. The number of rotatable bonds is 5. The monoisotopic (exact) mass is 444 g/mol. The van der Waals surface area contributed by atoms with Gasteiger partial charge in [0.1, 0.15) is 11.6 Å². The van der Waals surface area contributed by atoms with Crippen molar-refractivity contribution in [2.45, 2.75) is 63.8 Å². The molecule has 0 bridgehead atoms. The second-order valence-corrected chi connectivity index (χ2v) is 8.20. The molecule has 0 aliphatic carbocycles. The summed E-state index contributed by atoms with van der Waals surface area (Å²) < 4.78 is 2.39. The van der Waals surface area contributed by atoms with Crippen molar-refractivity contribution in [2.75, 3.05) is 19.6 Å². The summed E-state index contributed by atoms with van der Waals surface area (Å²) >= 11 is 6.01. The zero-order valence-electron chi connectivity index (χ0n) is 16.4. The Hall–Kier alpha value is -0.810. The molecule has 0 atom stereocenters. The van der Waals surface area contributed by atoms with Gasteiger partial charge < -0.3 is 9.47 Å². The van der Waals surface area contributed by atoms with Gasteiger partial charge in [0.15, 0.2) is 0 Å². The van der Waals surface area contributed by atoms with Crippen LogP contribution in [0.2, 0.25) is 5.02 Å². The summed E-state index contributed by atoms with van der Waals surface area (Å²) in [6.07, 6.45) is 9.71. The molecule has 4 rings (SSSR count). The molecule has 4 nitrogen and oxygen atoms in total. The molecular formula is C21H31Cl3N4. The van der Waals surface area contributed by atoms with Crippen LogP contribution in [0.4, 0.5) is 0 Å². The largest absolute Gasteiger partial charge is 0.315 e. The van der Waals surface area contributed by atoms with Crippen LogP contribution in [0.15, 0.2) is 24.3 Å². The van der Waals surface area contributed by atoms with E-state index in [0.29, 0.717) is 5.92 Å². The van der Waals surface area contributed by atoms with Gasteiger partial charge in [0.25, 0.3) is 0 Å². The second kappa shape index (κ2) is 11.4. The summed E-state index contributed by atoms with van der Waals surface area (Å²) in [5, 5.41) is 9.72. The van der Waals surface area contributed by atoms with Gasteiger partial charge in [0.2, 0.25) is 0 Å². The van der Waals surface area contributed by atoms with E-state index < -0.39 is 0 Å². The van der Waals surface area contributed by atoms with Crippen molar-refractivity contribution in [1.29, 1.82) is 0 Å². The Labute approximate surface area is 185 Å². The third-order valence-corrected chi connectivity index (χ3v) is 6.24. The molecule has 0 N–H and O–H groups in total. The molecule has 1 saturated heterocycles. The zero-order valence-corrected chi connectivity index (χ0v) is 18.7. The first-order chi connectivity index (χ1) is 12.8. The molecule has 0 saturated carbocycles. The maximum atomic E-state index is 6.01. The van der Waals surface area contributed by atoms with Crippen LogP contribution in [0, 0.1) is 0 Å². The first-order valence-corrected chi connectivity index (χ1v) is 10.6. The van der Waals surface area contributed by atoms with E-state index in [1.54, 1.807) is 0 Å². The summed E-state index contributed by atoms with van der Waals surface area (Å²) in [7, 11) is 0. The molecule has 0 radical (unpaired) electrons. The zero-order chi connectivity index (χ0) is 17.8. The number of hydrogen-bond acceptors (Lipinski definition) is 3. The van der Waals surface area contributed by atoms with Crippen molar-refractivity contribution in [1.82, 2.24) is 19.7 Å². The second-order valence-electron chi connectivity index (χ2n) is 7.77. The Kier molecular flexibility index (Phi) is 9.55. The topological polar surface area (TPSA) is 34.0 Å². The summed E-state index contributed by atoms with van der Waals surface area (Å²) in [6.45, 7) is 4.69. The Morgan fingerprint density at radius 2 is 1.68 bits per heavy atom. The standard InChI is InChI=1S/C21H29ClN4.2ClH/c22-19-9-7-17(8-10-19)18-11-15-25(16-12-18)13-4-6-21-24-23-20-5-2-1-3-14-26(20)21;;/h7-10,18H,1-6,11-16H2;2*1H. The maximum Gasteiger partial charge on any atom is 0.133 e. The predicted octanol–water partition coefficient (Wildman–Crippen LogP) is 5.31. The first-order valence-electron chi connectivity index (χ1n) is 10.2. The van der Waals surface area contributed by atoms with Gasteiger partial charge in [-0.15, -0.1) is 35.0 Å². The molecule has 1 aromatic heterocycles. The van der Waals surface area contributed by atoms with E-state index in [2.05, 4.69) is 31.8 Å². The number of aromatic nitrogens is 3. The lowest BCUT2D eigenvalue weighted by atomic mass is 9.89. The molecule has 2 aliphatic rings. The Bertz CT molecular complexity index is 709. The number of halogens is 3. The summed E-state index contributed by atoms with van der Waals surface area (Å²) in [5.41, 5.74) is 1.44. The van der Waals surface area contributed by atoms with Crippen LogP contribution in [0.5, 0.6) is 0 Å². The van der Waals surface area contributed by atoms with E-state index in [1.165, 1.54) is 75.4 Å². The summed E-state index contributed by atoms with van der Waals surface area (Å²) in [5.74, 6) is 3.11. The van der Waals surface area contributed by atoms with Crippen molar-refractivity contribution in [3.63, 3.8) is 0 Å². The number of piperidine rings is 1. The minimum atomic E-state index is 0. The van der Waals surface area contributed by atoms with Crippen LogP contribution in [0.25, 0.3) is 0 Å². The number of aryl methyl sites for hydroxylation is 2. The molecule has 156 valence electrons. The fourth-order valence-electron chi connectivity index (χ4n) is 4.42. The molecule has 7 heteroatoms. The fourth-order valence-corrected chi connectivity index (χ4v) is 4.54. The van der Waals surface area contributed by atoms with E-state index in [-0.39, 0.29) is 24.8 Å². The normalized spacial score (nSPS) is 17.9. The number of fused-ring (bicyclic) bond motifs is 1. The maximum absolute atomic E-state index is 6.01. The lowest BCUT2D eigenvalue weighted by Crippen LogP contribution is -2.34. The first kappa shape index (κ1) is 23.5. The van der Waals surface area contributed by atoms with Gasteiger partial charge >= 0.3 is 0 Å². The van der Waals surface area contributed by atoms with Gasteiger partial charge in [-0.1, -0.05) is 30.2 Å². The van der Waals surface area contributed by atoms with Crippen LogP contribution in [-0.2, 0) is 19.4 Å². The highest BCUT2D eigenvalue weighted by Gasteiger charge is 2.21. The molecule has 1 aromatic carbocycles. The molecule has 2 aromatic rings. The third kappa shape index (κ3) is 5.85. The lowest BCUT2D eigenvalue weighted by Gasteiger charge is -2.32. The van der Waals surface area contributed by atoms with E-state index in [9.17, 15) is 0 Å². The van der Waals surface area contributed by atoms with Crippen molar-refractivity contribution in [3.8, 4) is 0 Å². The van der Waals surface area contributed by atoms with Crippen LogP contribution in [0.3, 0.4) is 0 Å². The molecule has 1 fully saturated rings. The highest BCUT2D eigenvalue weighted by atomic mass is 35.5. The molecule has 3 heterocycles. The quantitative estimate of drug-likeness (QED) is 0.625. The van der Waals surface area contributed by atoms with Crippen LogP contribution < -0.4 is 0 Å². The van der Waals surface area contributed by atoms with Gasteiger partial charge in [0.05, 0.1) is 0 Å². The number of benzene rings is 1. The van der Waals surface area contributed by atoms with Crippen LogP contribution in [0.1, 0.15) is 61.7 Å². The average molecular weight is 446 g/mol. The van der Waals surface area contributed by atoms with Crippen LogP contribution in [-0.4, -0.2) is 39.3 Å². The predicted molar refractivity (Wildman–Crippen MR) is 120 cm³/mol. The number of nitrogens with zero attached hydrogens (tertiary/aromatic N) is 4. The molecule has 0 amide bonds. The van der Waals surface area contributed by atoms with Crippen LogP contribution >= 0.6 is 36.4 Å². The van der Waals surface area contributed by atoms with Gasteiger partial charge in [0, 0.05) is 24.4 Å². The van der Waals surface area contributed by atoms with E-state index in [4.69, 9.17) is 11.6 Å². The van der Waals surface area contributed by atoms with Gasteiger partial charge in [-0.2, -0.15) is 0 Å². The Balaban J connectivity index is 0.00000140. The van der Waals surface area contributed by atoms with E-state index >= 15 is 0 Å². The van der Waals surface area contributed by atoms with E-state index in [0.717, 1.165) is 24.4 Å². The lowest BCUT2D eigenvalue weighted by molar-refractivity contribution is 0.209. The third-order valence-electron chi connectivity index (χ3n) is 5.99. The highest BCUT2D eigenvalue weighted by Crippen LogP contribution is 2.29. The van der Waals surface area contributed by atoms with Crippen molar-refractivity contribution in [2.24, 2.45) is 0 Å². The molecule has 0 spiro atoms. The molecule has 2 aliphatic heterocycles. The minimum absolute atomic E-state index is 0. The molecular weight excluding hydrogens is 415 g/mol. The fraction of sp³-hybridized carbons (Fsp3) is 0.619. The Morgan fingerprint density at radius 1 is 0.929 bits per heavy atom. The molecule has 28 heavy (non-hydrogen) atoms. The minimum Gasteiger partial charge on any atom is -0.315 e. The van der Waals surface area contributed by atoms with Gasteiger partial charge in [-0.25, -0.2) is 0 Å². The SMILES string of the molecule is Cl.Cl.Clc1ccc(C2CCN(CCCc3nnc4n3CCCCC4)CC2)cc1. The molecule has 0 unspecified atom stereocenters. The van der Waals surface area contributed by atoms with E-state index in [1.807, 2.05) is 12.1 Å². The number of likely N-dealkylation sites (tertiary alicyclic amines) is 1. The smallest absolute Gasteiger partial charge is 0.133 e. The Morgan fingerprint density at radius 3 is 2.43 bits per heavy atom. The summed E-state index contributed by atoms with van der Waals surface area (Å²) in [4.78, 5) is 2.62. The van der Waals surface area contributed by atoms with Crippen molar-refractivity contribution >= 4 is 36.4 Å². The number of hydrogen-bond donors (Lipinski definition) is 0. The van der Waals surface area contributed by atoms with Crippen molar-refractivity contribution < 1.29 is 0 Å².